The molecule has 0 aliphatic carbocycles. The topological polar surface area (TPSA) is 63.5 Å². The van der Waals surface area contributed by atoms with E-state index in [2.05, 4.69) is 26.7 Å². The minimum absolute atomic E-state index is 0.228. The van der Waals surface area contributed by atoms with Crippen molar-refractivity contribution in [2.45, 2.75) is 51.0 Å². The summed E-state index contributed by atoms with van der Waals surface area (Å²) in [5.41, 5.74) is 0. The Balaban J connectivity index is 1.59. The maximum atomic E-state index is 11.6. The van der Waals surface area contributed by atoms with Crippen molar-refractivity contribution in [3.05, 3.63) is 11.6 Å². The van der Waals surface area contributed by atoms with Gasteiger partial charge in [0.25, 0.3) is 0 Å². The van der Waals surface area contributed by atoms with Crippen molar-refractivity contribution >= 4 is 6.09 Å². The van der Waals surface area contributed by atoms with Crippen LogP contribution in [0.1, 0.15) is 56.1 Å². The molecule has 1 amide bonds. The Morgan fingerprint density at radius 1 is 1.08 bits per heavy atom. The highest BCUT2D eigenvalue weighted by Gasteiger charge is 2.28. The third kappa shape index (κ3) is 3.88. The molecule has 1 aromatic rings. The summed E-state index contributed by atoms with van der Waals surface area (Å²) in [6.45, 7) is 4.68. The third-order valence-electron chi connectivity index (χ3n) is 5.36. The van der Waals surface area contributed by atoms with E-state index in [-0.39, 0.29) is 6.09 Å². The van der Waals surface area contributed by atoms with E-state index >= 15 is 0 Å². The van der Waals surface area contributed by atoms with E-state index in [1.54, 1.807) is 4.90 Å². The summed E-state index contributed by atoms with van der Waals surface area (Å²) in [6, 6.07) is 0. The van der Waals surface area contributed by atoms with Crippen molar-refractivity contribution in [1.82, 2.24) is 24.6 Å². The molecule has 7 nitrogen and oxygen atoms in total. The largest absolute Gasteiger partial charge is 0.453 e. The average Bonchev–Trinajstić information content (AvgIpc) is 2.81. The van der Waals surface area contributed by atoms with Gasteiger partial charge in [-0.3, -0.25) is 4.90 Å². The maximum absolute atomic E-state index is 11.6. The van der Waals surface area contributed by atoms with Gasteiger partial charge in [-0.05, 0) is 38.8 Å². The second-order valence-corrected chi connectivity index (χ2v) is 6.96. The summed E-state index contributed by atoms with van der Waals surface area (Å²) in [5.74, 6) is 2.49. The van der Waals surface area contributed by atoms with Gasteiger partial charge in [-0.15, -0.1) is 10.2 Å². The molecule has 24 heavy (non-hydrogen) atoms. The van der Waals surface area contributed by atoms with Gasteiger partial charge in [-0.2, -0.15) is 0 Å². The molecule has 0 aromatic carbocycles. The SMILES string of the molecule is COC(=O)N1CCC(c2nnc(CN3CCCCCC3)n2C)CC1. The first-order valence-electron chi connectivity index (χ1n) is 9.12. The summed E-state index contributed by atoms with van der Waals surface area (Å²) < 4.78 is 6.97. The summed E-state index contributed by atoms with van der Waals surface area (Å²) >= 11 is 0. The van der Waals surface area contributed by atoms with Crippen LogP contribution in [0.4, 0.5) is 4.79 Å². The fourth-order valence-corrected chi connectivity index (χ4v) is 3.81. The van der Waals surface area contributed by atoms with Gasteiger partial charge in [0.1, 0.15) is 11.6 Å². The fraction of sp³-hybridized carbons (Fsp3) is 0.824. The molecule has 2 saturated heterocycles. The number of nitrogens with zero attached hydrogens (tertiary/aromatic N) is 5. The monoisotopic (exact) mass is 335 g/mol. The zero-order valence-electron chi connectivity index (χ0n) is 14.9. The van der Waals surface area contributed by atoms with Gasteiger partial charge in [0.05, 0.1) is 13.7 Å². The van der Waals surface area contributed by atoms with Crippen LogP contribution < -0.4 is 0 Å². The summed E-state index contributed by atoms with van der Waals surface area (Å²) in [7, 11) is 3.52. The van der Waals surface area contributed by atoms with Crippen LogP contribution in [0.15, 0.2) is 0 Å². The van der Waals surface area contributed by atoms with Gasteiger partial charge in [0, 0.05) is 26.1 Å². The number of aromatic nitrogens is 3. The Kier molecular flexibility index (Phi) is 5.71. The first kappa shape index (κ1) is 17.2. The highest BCUT2D eigenvalue weighted by molar-refractivity contribution is 5.67. The summed E-state index contributed by atoms with van der Waals surface area (Å²) in [4.78, 5) is 15.9. The van der Waals surface area contributed by atoms with Crippen molar-refractivity contribution in [3.63, 3.8) is 0 Å². The second-order valence-electron chi connectivity index (χ2n) is 6.96. The highest BCUT2D eigenvalue weighted by Crippen LogP contribution is 2.27. The van der Waals surface area contributed by atoms with Gasteiger partial charge < -0.3 is 14.2 Å². The first-order chi connectivity index (χ1) is 11.7. The molecule has 0 saturated carbocycles. The van der Waals surface area contributed by atoms with Gasteiger partial charge in [-0.1, -0.05) is 12.8 Å². The molecule has 0 unspecified atom stereocenters. The number of methoxy groups -OCH3 is 1. The van der Waals surface area contributed by atoms with Gasteiger partial charge in [0.15, 0.2) is 0 Å². The third-order valence-corrected chi connectivity index (χ3v) is 5.36. The minimum Gasteiger partial charge on any atom is -0.453 e. The molecule has 3 heterocycles. The lowest BCUT2D eigenvalue weighted by Crippen LogP contribution is -2.38. The van der Waals surface area contributed by atoms with E-state index in [4.69, 9.17) is 4.74 Å². The molecular formula is C17H29N5O2. The quantitative estimate of drug-likeness (QED) is 0.847. The summed E-state index contributed by atoms with van der Waals surface area (Å²) in [5, 5.41) is 8.92. The number of amides is 1. The molecule has 0 radical (unpaired) electrons. The first-order valence-corrected chi connectivity index (χ1v) is 9.12. The number of carbonyl (C=O) groups excluding carboxylic acids is 1. The van der Waals surface area contributed by atoms with Crippen LogP contribution in [-0.2, 0) is 18.3 Å². The highest BCUT2D eigenvalue weighted by atomic mass is 16.5. The average molecular weight is 335 g/mol. The molecule has 0 N–H and O–H groups in total. The van der Waals surface area contributed by atoms with Crippen LogP contribution >= 0.6 is 0 Å². The van der Waals surface area contributed by atoms with E-state index in [0.29, 0.717) is 5.92 Å². The lowest BCUT2D eigenvalue weighted by molar-refractivity contribution is 0.111. The molecule has 0 spiro atoms. The van der Waals surface area contributed by atoms with Crippen molar-refractivity contribution in [2.24, 2.45) is 7.05 Å². The van der Waals surface area contributed by atoms with Crippen molar-refractivity contribution in [2.75, 3.05) is 33.3 Å². The van der Waals surface area contributed by atoms with Crippen LogP contribution in [0.25, 0.3) is 0 Å². The number of carbonyl (C=O) groups is 1. The van der Waals surface area contributed by atoms with Crippen molar-refractivity contribution < 1.29 is 9.53 Å². The molecule has 0 bridgehead atoms. The standard InChI is InChI=1S/C17H29N5O2/c1-20-15(13-21-9-5-3-4-6-10-21)18-19-16(20)14-7-11-22(12-8-14)17(23)24-2/h14H,3-13H2,1-2H3. The number of rotatable bonds is 3. The predicted molar refractivity (Wildman–Crippen MR) is 90.7 cm³/mol. The maximum Gasteiger partial charge on any atom is 0.409 e. The lowest BCUT2D eigenvalue weighted by Gasteiger charge is -2.30. The van der Waals surface area contributed by atoms with Crippen LogP contribution in [0.2, 0.25) is 0 Å². The van der Waals surface area contributed by atoms with E-state index in [1.165, 1.54) is 45.9 Å². The summed E-state index contributed by atoms with van der Waals surface area (Å²) in [6.07, 6.45) is 6.88. The number of hydrogen-bond donors (Lipinski definition) is 0. The normalized spacial score (nSPS) is 20.8. The van der Waals surface area contributed by atoms with Crippen molar-refractivity contribution in [3.8, 4) is 0 Å². The van der Waals surface area contributed by atoms with Gasteiger partial charge in [0.2, 0.25) is 0 Å². The zero-order chi connectivity index (χ0) is 16.9. The zero-order valence-corrected chi connectivity index (χ0v) is 14.9. The lowest BCUT2D eigenvalue weighted by atomic mass is 9.96. The molecule has 0 atom stereocenters. The molecule has 3 rings (SSSR count). The molecule has 7 heteroatoms. The predicted octanol–water partition coefficient (Wildman–Crippen LogP) is 2.14. The Morgan fingerprint density at radius 2 is 1.75 bits per heavy atom. The minimum atomic E-state index is -0.228. The van der Waals surface area contributed by atoms with Crippen molar-refractivity contribution in [1.29, 1.82) is 0 Å². The van der Waals surface area contributed by atoms with Gasteiger partial charge in [-0.25, -0.2) is 4.79 Å². The Hall–Kier alpha value is -1.63. The van der Waals surface area contributed by atoms with Gasteiger partial charge >= 0.3 is 6.09 Å². The molecule has 2 aliphatic heterocycles. The second kappa shape index (κ2) is 7.96. The number of piperidine rings is 1. The molecule has 2 aliphatic rings. The number of hydrogen-bond acceptors (Lipinski definition) is 5. The van der Waals surface area contributed by atoms with Crippen LogP contribution in [0.5, 0.6) is 0 Å². The van der Waals surface area contributed by atoms with Crippen LogP contribution in [0.3, 0.4) is 0 Å². The molecular weight excluding hydrogens is 306 g/mol. The Labute approximate surface area is 144 Å². The Bertz CT molecular complexity index is 543. The number of likely N-dealkylation sites (tertiary alicyclic amines) is 2. The number of ether oxygens (including phenoxy) is 1. The fourth-order valence-electron chi connectivity index (χ4n) is 3.81. The van der Waals surface area contributed by atoms with E-state index in [1.807, 2.05) is 0 Å². The van der Waals surface area contributed by atoms with E-state index < -0.39 is 0 Å². The smallest absolute Gasteiger partial charge is 0.409 e. The van der Waals surface area contributed by atoms with E-state index in [0.717, 1.165) is 44.1 Å². The molecule has 2 fully saturated rings. The van der Waals surface area contributed by atoms with Crippen LogP contribution in [-0.4, -0.2) is 63.9 Å². The molecule has 1 aromatic heterocycles. The molecule has 134 valence electrons. The van der Waals surface area contributed by atoms with E-state index in [9.17, 15) is 4.79 Å². The Morgan fingerprint density at radius 3 is 2.38 bits per heavy atom. The van der Waals surface area contributed by atoms with Crippen LogP contribution in [0, 0.1) is 0 Å².